The van der Waals surface area contributed by atoms with Crippen LogP contribution in [0.1, 0.15) is 138 Å². The van der Waals surface area contributed by atoms with E-state index in [1.54, 1.807) is 0 Å². The SMILES string of the molecule is CCCC[O-].CCCC[O-].CCCC[O-].CCCC[O-].CCCC[O-].CCCC[O-].CCCC[O-].[Al+3].[Si+4]. The molecular weight excluding hydrogens is 503 g/mol. The first-order chi connectivity index (χ1) is 16.9. The van der Waals surface area contributed by atoms with Gasteiger partial charge in [0, 0.05) is 0 Å². The predicted octanol–water partition coefficient (Wildman–Crippen LogP) is 0.266. The van der Waals surface area contributed by atoms with Crippen molar-refractivity contribution >= 4 is 28.3 Å². The Bertz CT molecular complexity index is 150. The maximum atomic E-state index is 9.53. The third kappa shape index (κ3) is 207. The molecule has 0 aromatic rings. The monoisotopic (exact) mass is 566 g/mol. The second-order valence-electron chi connectivity index (χ2n) is 7.40. The minimum absolute atomic E-state index is 0. The van der Waals surface area contributed by atoms with Crippen LogP contribution < -0.4 is 35.7 Å². The average Bonchev–Trinajstić information content (AvgIpc) is 2.85. The average molecular weight is 567 g/mol. The van der Waals surface area contributed by atoms with Crippen LogP contribution in [0.15, 0.2) is 0 Å². The molecule has 0 amide bonds. The molecule has 0 saturated heterocycles. The summed E-state index contributed by atoms with van der Waals surface area (Å²) in [5, 5.41) is 66.7. The fourth-order valence-corrected chi connectivity index (χ4v) is 1.01. The third-order valence-electron chi connectivity index (χ3n) is 3.49. The third-order valence-corrected chi connectivity index (χ3v) is 3.49. The Hall–Kier alpha value is 0.469. The molecule has 0 spiro atoms. The van der Waals surface area contributed by atoms with Crippen molar-refractivity contribution in [3.05, 3.63) is 0 Å². The Balaban J connectivity index is -0.0000000350. The van der Waals surface area contributed by atoms with Gasteiger partial charge in [0.1, 0.15) is 0 Å². The van der Waals surface area contributed by atoms with Crippen LogP contribution in [0.2, 0.25) is 0 Å². The maximum absolute atomic E-state index is 9.53. The molecule has 7 nitrogen and oxygen atoms in total. The van der Waals surface area contributed by atoms with Gasteiger partial charge in [0.15, 0.2) is 0 Å². The van der Waals surface area contributed by atoms with Gasteiger partial charge in [-0.15, -0.1) is 46.2 Å². The van der Waals surface area contributed by atoms with Gasteiger partial charge in [-0.1, -0.05) is 138 Å². The fraction of sp³-hybridized carbons (Fsp3) is 1.00. The van der Waals surface area contributed by atoms with Crippen molar-refractivity contribution in [1.82, 2.24) is 0 Å². The van der Waals surface area contributed by atoms with Crippen LogP contribution >= 0.6 is 0 Å². The van der Waals surface area contributed by atoms with E-state index in [4.69, 9.17) is 0 Å². The van der Waals surface area contributed by atoms with E-state index in [-0.39, 0.29) is 74.6 Å². The van der Waals surface area contributed by atoms with Gasteiger partial charge in [-0.25, -0.2) is 0 Å². The Morgan fingerprint density at radius 1 is 0.270 bits per heavy atom. The molecule has 0 N–H and O–H groups in total. The van der Waals surface area contributed by atoms with Crippen molar-refractivity contribution in [2.75, 3.05) is 46.2 Å². The quantitative estimate of drug-likeness (QED) is 0.272. The van der Waals surface area contributed by atoms with Gasteiger partial charge in [-0.2, -0.15) is 0 Å². The summed E-state index contributed by atoms with van der Waals surface area (Å²) in [5.74, 6) is 0. The first kappa shape index (κ1) is 61.5. The molecular formula is C28H63AlO7Si. The summed E-state index contributed by atoms with van der Waals surface area (Å²) >= 11 is 0. The van der Waals surface area contributed by atoms with E-state index in [9.17, 15) is 35.7 Å². The first-order valence-corrected chi connectivity index (χ1v) is 14.0. The molecule has 0 rings (SSSR count). The van der Waals surface area contributed by atoms with Gasteiger partial charge in [0.2, 0.25) is 0 Å². The van der Waals surface area contributed by atoms with Crippen molar-refractivity contribution in [1.29, 1.82) is 0 Å². The van der Waals surface area contributed by atoms with Crippen molar-refractivity contribution < 1.29 is 35.7 Å². The summed E-state index contributed by atoms with van der Waals surface area (Å²) in [5.41, 5.74) is 0. The van der Waals surface area contributed by atoms with E-state index in [2.05, 4.69) is 0 Å². The minimum Gasteiger partial charge on any atom is -0.854 e. The smallest absolute Gasteiger partial charge is 0.854 e. The summed E-state index contributed by atoms with van der Waals surface area (Å²) in [6.07, 6.45) is 13.1. The number of rotatable bonds is 14. The van der Waals surface area contributed by atoms with Gasteiger partial charge in [0.25, 0.3) is 0 Å². The second-order valence-corrected chi connectivity index (χ2v) is 7.40. The van der Waals surface area contributed by atoms with E-state index < -0.39 is 0 Å². The molecule has 0 aromatic heterocycles. The van der Waals surface area contributed by atoms with Crippen LogP contribution in [-0.4, -0.2) is 74.6 Å². The molecule has 0 saturated carbocycles. The first-order valence-electron chi connectivity index (χ1n) is 14.0. The summed E-state index contributed by atoms with van der Waals surface area (Å²) in [6.45, 7) is 14.7. The summed E-state index contributed by atoms with van der Waals surface area (Å²) in [7, 11) is 0. The molecule has 0 aliphatic rings. The molecule has 224 valence electrons. The Morgan fingerprint density at radius 2 is 0.351 bits per heavy atom. The van der Waals surface area contributed by atoms with E-state index in [0.29, 0.717) is 0 Å². The molecule has 0 heterocycles. The summed E-state index contributed by atoms with van der Waals surface area (Å²) in [4.78, 5) is 0. The van der Waals surface area contributed by atoms with E-state index in [1.807, 2.05) is 48.5 Å². The van der Waals surface area contributed by atoms with Crippen molar-refractivity contribution in [3.8, 4) is 0 Å². The summed E-state index contributed by atoms with van der Waals surface area (Å²) < 4.78 is 0. The van der Waals surface area contributed by atoms with Gasteiger partial charge >= 0.3 is 28.3 Å². The fourth-order valence-electron chi connectivity index (χ4n) is 1.01. The van der Waals surface area contributed by atoms with Crippen LogP contribution in [0.25, 0.3) is 0 Å². The zero-order valence-electron chi connectivity index (χ0n) is 25.8. The second kappa shape index (κ2) is 99.5. The zero-order chi connectivity index (χ0) is 28.8. The Morgan fingerprint density at radius 3 is 0.351 bits per heavy atom. The maximum Gasteiger partial charge on any atom is 4.00 e. The van der Waals surface area contributed by atoms with Gasteiger partial charge in [-0.05, 0) is 0 Å². The van der Waals surface area contributed by atoms with Crippen molar-refractivity contribution in [3.63, 3.8) is 0 Å². The van der Waals surface area contributed by atoms with Crippen molar-refractivity contribution in [2.24, 2.45) is 0 Å². The molecule has 0 bridgehead atoms. The molecule has 0 fully saturated rings. The molecule has 0 aliphatic carbocycles. The normalized spacial score (nSPS) is 7.95. The molecule has 0 atom stereocenters. The summed E-state index contributed by atoms with van der Waals surface area (Å²) in [6, 6.07) is 0. The number of unbranched alkanes of at least 4 members (excludes halogenated alkanes) is 7. The standard InChI is InChI=1S/7C4H9O.Al.Si/c7*1-2-3-4-5;;/h7*2-4H2,1H3;;/q7*-1;+3;+4. The Labute approximate surface area is 248 Å². The van der Waals surface area contributed by atoms with Crippen molar-refractivity contribution in [2.45, 2.75) is 138 Å². The molecule has 0 aliphatic heterocycles. The predicted molar refractivity (Wildman–Crippen MR) is 150 cm³/mol. The topological polar surface area (TPSA) is 161 Å². The van der Waals surface area contributed by atoms with E-state index in [1.165, 1.54) is 0 Å². The number of hydrogen-bond donors (Lipinski definition) is 0. The van der Waals surface area contributed by atoms with Gasteiger partial charge < -0.3 is 35.7 Å². The molecule has 9 heteroatoms. The molecule has 0 aromatic carbocycles. The van der Waals surface area contributed by atoms with Gasteiger partial charge in [0.05, 0.1) is 0 Å². The molecule has 37 heavy (non-hydrogen) atoms. The molecule has 0 unspecified atom stereocenters. The van der Waals surface area contributed by atoms with Crippen LogP contribution in [0.5, 0.6) is 0 Å². The van der Waals surface area contributed by atoms with E-state index >= 15 is 0 Å². The minimum atomic E-state index is 0. The van der Waals surface area contributed by atoms with E-state index in [0.717, 1.165) is 89.9 Å². The zero-order valence-corrected chi connectivity index (χ0v) is 27.9. The Kier molecular flexibility index (Phi) is 165. The van der Waals surface area contributed by atoms with Crippen LogP contribution in [0.3, 0.4) is 0 Å². The van der Waals surface area contributed by atoms with Crippen LogP contribution in [0.4, 0.5) is 0 Å². The van der Waals surface area contributed by atoms with Gasteiger partial charge in [-0.3, -0.25) is 0 Å². The molecule has 0 radical (unpaired) electrons. The number of hydrogen-bond acceptors (Lipinski definition) is 7. The van der Waals surface area contributed by atoms with Crippen LogP contribution in [-0.2, 0) is 0 Å². The van der Waals surface area contributed by atoms with Crippen LogP contribution in [0, 0.1) is 0 Å². The largest absolute Gasteiger partial charge is 4.00 e.